The molecule has 0 saturated carbocycles. The summed E-state index contributed by atoms with van der Waals surface area (Å²) in [5.74, 6) is 0.0713. The fraction of sp³-hybridized carbons (Fsp3) is 0.286. The fourth-order valence-corrected chi connectivity index (χ4v) is 2.41. The van der Waals surface area contributed by atoms with Crippen molar-refractivity contribution in [2.75, 3.05) is 6.54 Å². The lowest BCUT2D eigenvalue weighted by Crippen LogP contribution is -2.25. The van der Waals surface area contributed by atoms with Gasteiger partial charge in [0.15, 0.2) is 0 Å². The van der Waals surface area contributed by atoms with Crippen molar-refractivity contribution < 1.29 is 4.79 Å². The third-order valence-corrected chi connectivity index (χ3v) is 3.63. The van der Waals surface area contributed by atoms with Crippen LogP contribution in [0.15, 0.2) is 35.2 Å². The minimum absolute atomic E-state index is 0.0713. The topological polar surface area (TPSA) is 42.0 Å². The minimum Gasteiger partial charge on any atom is -0.356 e. The standard InChI is InChI=1S/C14H15ClN2OS/c15-12-3-1-11(2-4-12)7-8-16-14(18)6-5-13-9-19-10-17-13/h1-4,9-10H,5-8H2,(H,16,18). The highest BCUT2D eigenvalue weighted by Gasteiger charge is 2.03. The molecular formula is C14H15ClN2OS. The molecule has 0 bridgehead atoms. The molecule has 0 fully saturated rings. The number of nitrogens with zero attached hydrogens (tertiary/aromatic N) is 1. The number of halogens is 1. The molecule has 1 heterocycles. The van der Waals surface area contributed by atoms with Gasteiger partial charge in [-0.2, -0.15) is 0 Å². The molecule has 1 amide bonds. The predicted octanol–water partition coefficient (Wildman–Crippen LogP) is 3.09. The van der Waals surface area contributed by atoms with Crippen molar-refractivity contribution in [2.45, 2.75) is 19.3 Å². The van der Waals surface area contributed by atoms with Crippen molar-refractivity contribution in [1.29, 1.82) is 0 Å². The van der Waals surface area contributed by atoms with Crippen LogP contribution in [0.4, 0.5) is 0 Å². The molecule has 0 aliphatic carbocycles. The first-order valence-corrected chi connectivity index (χ1v) is 7.44. The second-order valence-corrected chi connectivity index (χ2v) is 5.36. The number of rotatable bonds is 6. The summed E-state index contributed by atoms with van der Waals surface area (Å²) >= 11 is 7.37. The number of hydrogen-bond acceptors (Lipinski definition) is 3. The van der Waals surface area contributed by atoms with Gasteiger partial charge in [0.2, 0.25) is 5.91 Å². The SMILES string of the molecule is O=C(CCc1cscn1)NCCc1ccc(Cl)cc1. The highest BCUT2D eigenvalue weighted by molar-refractivity contribution is 7.07. The molecule has 100 valence electrons. The number of thiazole rings is 1. The van der Waals surface area contributed by atoms with E-state index in [1.165, 1.54) is 5.56 Å². The quantitative estimate of drug-likeness (QED) is 0.889. The Hall–Kier alpha value is -1.39. The number of amides is 1. The molecule has 0 aliphatic rings. The summed E-state index contributed by atoms with van der Waals surface area (Å²) in [4.78, 5) is 15.8. The lowest BCUT2D eigenvalue weighted by molar-refractivity contribution is -0.121. The van der Waals surface area contributed by atoms with E-state index in [-0.39, 0.29) is 5.91 Å². The van der Waals surface area contributed by atoms with Crippen molar-refractivity contribution in [3.05, 3.63) is 51.4 Å². The van der Waals surface area contributed by atoms with Gasteiger partial charge in [0.1, 0.15) is 0 Å². The Labute approximate surface area is 121 Å². The van der Waals surface area contributed by atoms with Gasteiger partial charge in [-0.1, -0.05) is 23.7 Å². The van der Waals surface area contributed by atoms with Gasteiger partial charge < -0.3 is 5.32 Å². The van der Waals surface area contributed by atoms with Crippen LogP contribution < -0.4 is 5.32 Å². The summed E-state index contributed by atoms with van der Waals surface area (Å²) in [6.45, 7) is 0.650. The largest absolute Gasteiger partial charge is 0.356 e. The Morgan fingerprint density at radius 1 is 1.26 bits per heavy atom. The third kappa shape index (κ3) is 5.01. The maximum absolute atomic E-state index is 11.6. The fourth-order valence-electron chi connectivity index (χ4n) is 1.69. The number of carbonyl (C=O) groups excluding carboxylic acids is 1. The van der Waals surface area contributed by atoms with Crippen LogP contribution in [0.25, 0.3) is 0 Å². The average Bonchev–Trinajstić information content (AvgIpc) is 2.92. The van der Waals surface area contributed by atoms with Crippen molar-refractivity contribution in [3.63, 3.8) is 0 Å². The molecule has 0 unspecified atom stereocenters. The molecule has 5 heteroatoms. The highest BCUT2D eigenvalue weighted by atomic mass is 35.5. The van der Waals surface area contributed by atoms with Crippen molar-refractivity contribution in [2.24, 2.45) is 0 Å². The Balaban J connectivity index is 1.65. The van der Waals surface area contributed by atoms with Crippen LogP contribution >= 0.6 is 22.9 Å². The zero-order valence-electron chi connectivity index (χ0n) is 10.4. The maximum Gasteiger partial charge on any atom is 0.220 e. The molecule has 19 heavy (non-hydrogen) atoms. The number of nitrogens with one attached hydrogen (secondary N) is 1. The van der Waals surface area contributed by atoms with Crippen LogP contribution in [-0.4, -0.2) is 17.4 Å². The first-order chi connectivity index (χ1) is 9.24. The van der Waals surface area contributed by atoms with Gasteiger partial charge in [0, 0.05) is 23.4 Å². The van der Waals surface area contributed by atoms with Crippen LogP contribution in [0.1, 0.15) is 17.7 Å². The van der Waals surface area contributed by atoms with Gasteiger partial charge in [-0.3, -0.25) is 4.79 Å². The monoisotopic (exact) mass is 294 g/mol. The Kier molecular flexibility index (Phi) is 5.36. The molecule has 2 aromatic rings. The lowest BCUT2D eigenvalue weighted by Gasteiger charge is -2.05. The van der Waals surface area contributed by atoms with Crippen molar-refractivity contribution in [1.82, 2.24) is 10.3 Å². The maximum atomic E-state index is 11.6. The number of hydrogen-bond donors (Lipinski definition) is 1. The van der Waals surface area contributed by atoms with E-state index in [9.17, 15) is 4.79 Å². The summed E-state index contributed by atoms with van der Waals surface area (Å²) < 4.78 is 0. The molecule has 1 N–H and O–H groups in total. The van der Waals surface area contributed by atoms with Crippen molar-refractivity contribution >= 4 is 28.8 Å². The van der Waals surface area contributed by atoms with Crippen LogP contribution in [-0.2, 0) is 17.6 Å². The summed E-state index contributed by atoms with van der Waals surface area (Å²) in [6.07, 6.45) is 2.01. The lowest BCUT2D eigenvalue weighted by atomic mass is 10.1. The van der Waals surface area contributed by atoms with E-state index in [2.05, 4.69) is 10.3 Å². The van der Waals surface area contributed by atoms with Gasteiger partial charge in [-0.15, -0.1) is 11.3 Å². The van der Waals surface area contributed by atoms with Crippen molar-refractivity contribution in [3.8, 4) is 0 Å². The summed E-state index contributed by atoms with van der Waals surface area (Å²) in [7, 11) is 0. The van der Waals surface area contributed by atoms with E-state index in [1.54, 1.807) is 16.8 Å². The minimum atomic E-state index is 0.0713. The molecule has 0 spiro atoms. The Morgan fingerprint density at radius 3 is 2.74 bits per heavy atom. The predicted molar refractivity (Wildman–Crippen MR) is 78.6 cm³/mol. The molecule has 0 radical (unpaired) electrons. The Morgan fingerprint density at radius 2 is 2.05 bits per heavy atom. The molecule has 2 rings (SSSR count). The number of benzene rings is 1. The molecule has 0 saturated heterocycles. The highest BCUT2D eigenvalue weighted by Crippen LogP contribution is 2.09. The first-order valence-electron chi connectivity index (χ1n) is 6.12. The number of aryl methyl sites for hydroxylation is 1. The van der Waals surface area contributed by atoms with Crippen LogP contribution in [0, 0.1) is 0 Å². The van der Waals surface area contributed by atoms with E-state index in [0.29, 0.717) is 19.4 Å². The number of aromatic nitrogens is 1. The summed E-state index contributed by atoms with van der Waals surface area (Å²) in [5, 5.41) is 5.62. The average molecular weight is 295 g/mol. The van der Waals surface area contributed by atoms with E-state index < -0.39 is 0 Å². The molecule has 0 atom stereocenters. The van der Waals surface area contributed by atoms with Crippen LogP contribution in [0.5, 0.6) is 0 Å². The summed E-state index contributed by atoms with van der Waals surface area (Å²) in [6, 6.07) is 7.68. The van der Waals surface area contributed by atoms with E-state index in [1.807, 2.05) is 29.6 Å². The zero-order valence-corrected chi connectivity index (χ0v) is 12.0. The van der Waals surface area contributed by atoms with Gasteiger partial charge in [-0.25, -0.2) is 4.98 Å². The van der Waals surface area contributed by atoms with Gasteiger partial charge in [0.25, 0.3) is 0 Å². The molecular weight excluding hydrogens is 280 g/mol. The second kappa shape index (κ2) is 7.26. The molecule has 1 aromatic carbocycles. The molecule has 0 aliphatic heterocycles. The smallest absolute Gasteiger partial charge is 0.220 e. The van der Waals surface area contributed by atoms with E-state index in [0.717, 1.165) is 17.1 Å². The normalized spacial score (nSPS) is 10.4. The zero-order chi connectivity index (χ0) is 13.5. The number of carbonyl (C=O) groups is 1. The van der Waals surface area contributed by atoms with Gasteiger partial charge >= 0.3 is 0 Å². The molecule has 3 nitrogen and oxygen atoms in total. The molecule has 1 aromatic heterocycles. The summed E-state index contributed by atoms with van der Waals surface area (Å²) in [5.41, 5.74) is 3.94. The van der Waals surface area contributed by atoms with E-state index >= 15 is 0 Å². The third-order valence-electron chi connectivity index (χ3n) is 2.74. The first kappa shape index (κ1) is 14.0. The van der Waals surface area contributed by atoms with Crippen LogP contribution in [0.2, 0.25) is 5.02 Å². The Bertz CT molecular complexity index is 511. The van der Waals surface area contributed by atoms with Crippen LogP contribution in [0.3, 0.4) is 0 Å². The van der Waals surface area contributed by atoms with E-state index in [4.69, 9.17) is 11.6 Å². The van der Waals surface area contributed by atoms with Gasteiger partial charge in [0.05, 0.1) is 11.2 Å². The van der Waals surface area contributed by atoms with Gasteiger partial charge in [-0.05, 0) is 30.5 Å². The second-order valence-electron chi connectivity index (χ2n) is 4.21.